The number of carbonyl (C=O) groups excluding carboxylic acids is 1. The lowest BCUT2D eigenvalue weighted by Gasteiger charge is -2.12. The van der Waals surface area contributed by atoms with E-state index in [0.29, 0.717) is 36.9 Å². The van der Waals surface area contributed by atoms with E-state index in [1.54, 1.807) is 19.2 Å². The van der Waals surface area contributed by atoms with E-state index < -0.39 is 0 Å². The third-order valence-electron chi connectivity index (χ3n) is 3.39. The molecule has 0 aliphatic rings. The topological polar surface area (TPSA) is 68.8 Å². The minimum absolute atomic E-state index is 0.288. The van der Waals surface area contributed by atoms with Crippen molar-refractivity contribution in [2.24, 2.45) is 0 Å². The Morgan fingerprint density at radius 3 is 2.48 bits per heavy atom. The number of urea groups is 1. The van der Waals surface area contributed by atoms with Crippen molar-refractivity contribution >= 4 is 11.7 Å². The van der Waals surface area contributed by atoms with Gasteiger partial charge in [-0.05, 0) is 55.8 Å². The number of carbonyl (C=O) groups is 1. The molecule has 2 aromatic carbocycles. The Balaban J connectivity index is 1.73. The van der Waals surface area contributed by atoms with Gasteiger partial charge in [-0.3, -0.25) is 0 Å². The molecule has 0 spiro atoms. The van der Waals surface area contributed by atoms with E-state index in [4.69, 9.17) is 14.2 Å². The SMILES string of the molecule is CCOc1ccc(NC(=O)NCCOc2ccc(C)cc2OC)cc1. The van der Waals surface area contributed by atoms with Crippen LogP contribution in [0.15, 0.2) is 42.5 Å². The number of ether oxygens (including phenoxy) is 3. The fourth-order valence-corrected chi connectivity index (χ4v) is 2.20. The lowest BCUT2D eigenvalue weighted by molar-refractivity contribution is 0.246. The summed E-state index contributed by atoms with van der Waals surface area (Å²) in [7, 11) is 1.60. The number of methoxy groups -OCH3 is 1. The van der Waals surface area contributed by atoms with Crippen molar-refractivity contribution in [2.45, 2.75) is 13.8 Å². The summed E-state index contributed by atoms with van der Waals surface area (Å²) < 4.78 is 16.3. The number of anilines is 1. The third kappa shape index (κ3) is 5.91. The standard InChI is InChI=1S/C19H24N2O4/c1-4-24-16-8-6-15(7-9-16)21-19(22)20-11-12-25-17-10-5-14(2)13-18(17)23-3/h5-10,13H,4,11-12H2,1-3H3,(H2,20,21,22). The average molecular weight is 344 g/mol. The normalized spacial score (nSPS) is 10.0. The Morgan fingerprint density at radius 2 is 1.80 bits per heavy atom. The largest absolute Gasteiger partial charge is 0.494 e. The highest BCUT2D eigenvalue weighted by atomic mass is 16.5. The third-order valence-corrected chi connectivity index (χ3v) is 3.39. The zero-order chi connectivity index (χ0) is 18.1. The Labute approximate surface area is 148 Å². The molecular weight excluding hydrogens is 320 g/mol. The minimum Gasteiger partial charge on any atom is -0.494 e. The summed E-state index contributed by atoms with van der Waals surface area (Å²) in [6.07, 6.45) is 0. The molecule has 2 rings (SSSR count). The minimum atomic E-state index is -0.288. The van der Waals surface area contributed by atoms with Crippen LogP contribution in [0, 0.1) is 6.92 Å². The molecule has 6 heteroatoms. The second kappa shape index (κ2) is 9.42. The number of aryl methyl sites for hydroxylation is 1. The molecule has 6 nitrogen and oxygen atoms in total. The summed E-state index contributed by atoms with van der Waals surface area (Å²) in [5, 5.41) is 5.50. The van der Waals surface area contributed by atoms with E-state index in [0.717, 1.165) is 11.3 Å². The van der Waals surface area contributed by atoms with Crippen LogP contribution in [-0.4, -0.2) is 32.9 Å². The van der Waals surface area contributed by atoms with Gasteiger partial charge in [-0.1, -0.05) is 6.07 Å². The van der Waals surface area contributed by atoms with E-state index in [-0.39, 0.29) is 6.03 Å². The molecule has 0 aliphatic carbocycles. The molecule has 0 saturated heterocycles. The van der Waals surface area contributed by atoms with Crippen LogP contribution in [-0.2, 0) is 0 Å². The highest BCUT2D eigenvalue weighted by Gasteiger charge is 2.05. The van der Waals surface area contributed by atoms with Crippen LogP contribution < -0.4 is 24.8 Å². The van der Waals surface area contributed by atoms with Crippen LogP contribution in [0.3, 0.4) is 0 Å². The molecule has 0 saturated carbocycles. The van der Waals surface area contributed by atoms with Gasteiger partial charge in [-0.2, -0.15) is 0 Å². The van der Waals surface area contributed by atoms with E-state index in [1.807, 2.05) is 44.2 Å². The zero-order valence-corrected chi connectivity index (χ0v) is 14.8. The summed E-state index contributed by atoms with van der Waals surface area (Å²) in [5.74, 6) is 2.11. The van der Waals surface area contributed by atoms with Gasteiger partial charge >= 0.3 is 6.03 Å². The van der Waals surface area contributed by atoms with Crippen LogP contribution >= 0.6 is 0 Å². The predicted octanol–water partition coefficient (Wildman–Crippen LogP) is 3.60. The maximum absolute atomic E-state index is 11.9. The first-order valence-corrected chi connectivity index (χ1v) is 8.17. The van der Waals surface area contributed by atoms with Gasteiger partial charge in [0.1, 0.15) is 12.4 Å². The van der Waals surface area contributed by atoms with Gasteiger partial charge in [0.25, 0.3) is 0 Å². The summed E-state index contributed by atoms with van der Waals surface area (Å²) in [4.78, 5) is 11.9. The zero-order valence-electron chi connectivity index (χ0n) is 14.8. The fraction of sp³-hybridized carbons (Fsp3) is 0.316. The highest BCUT2D eigenvalue weighted by molar-refractivity contribution is 5.89. The maximum Gasteiger partial charge on any atom is 0.319 e. The first kappa shape index (κ1) is 18.4. The van der Waals surface area contributed by atoms with E-state index >= 15 is 0 Å². The molecule has 0 aliphatic heterocycles. The fourth-order valence-electron chi connectivity index (χ4n) is 2.20. The van der Waals surface area contributed by atoms with Crippen molar-refractivity contribution in [1.82, 2.24) is 5.32 Å². The Kier molecular flexibility index (Phi) is 6.95. The number of hydrogen-bond acceptors (Lipinski definition) is 4. The molecule has 2 N–H and O–H groups in total. The molecule has 0 heterocycles. The van der Waals surface area contributed by atoms with E-state index in [9.17, 15) is 4.79 Å². The van der Waals surface area contributed by atoms with Gasteiger partial charge in [0.2, 0.25) is 0 Å². The van der Waals surface area contributed by atoms with Crippen molar-refractivity contribution in [3.05, 3.63) is 48.0 Å². The summed E-state index contributed by atoms with van der Waals surface area (Å²) in [6, 6.07) is 12.6. The first-order valence-electron chi connectivity index (χ1n) is 8.17. The van der Waals surface area contributed by atoms with Gasteiger partial charge in [0.05, 0.1) is 20.3 Å². The number of nitrogens with one attached hydrogen (secondary N) is 2. The molecule has 0 aromatic heterocycles. The molecule has 0 fully saturated rings. The van der Waals surface area contributed by atoms with Crippen LogP contribution in [0.5, 0.6) is 17.2 Å². The summed E-state index contributed by atoms with van der Waals surface area (Å²) in [5.41, 5.74) is 1.79. The summed E-state index contributed by atoms with van der Waals surface area (Å²) >= 11 is 0. The molecule has 2 aromatic rings. The molecule has 134 valence electrons. The van der Waals surface area contributed by atoms with Crippen molar-refractivity contribution < 1.29 is 19.0 Å². The van der Waals surface area contributed by atoms with Crippen molar-refractivity contribution in [2.75, 3.05) is 32.2 Å². The van der Waals surface area contributed by atoms with Crippen LogP contribution in [0.1, 0.15) is 12.5 Å². The Morgan fingerprint density at radius 1 is 1.04 bits per heavy atom. The quantitative estimate of drug-likeness (QED) is 0.718. The van der Waals surface area contributed by atoms with Crippen LogP contribution in [0.4, 0.5) is 10.5 Å². The molecule has 2 amide bonds. The molecule has 25 heavy (non-hydrogen) atoms. The van der Waals surface area contributed by atoms with Gasteiger partial charge in [-0.25, -0.2) is 4.79 Å². The maximum atomic E-state index is 11.9. The number of benzene rings is 2. The molecule has 0 unspecified atom stereocenters. The first-order chi connectivity index (χ1) is 12.1. The van der Waals surface area contributed by atoms with Gasteiger partial charge in [0.15, 0.2) is 11.5 Å². The highest BCUT2D eigenvalue weighted by Crippen LogP contribution is 2.27. The molecule has 0 radical (unpaired) electrons. The second-order valence-corrected chi connectivity index (χ2v) is 5.34. The van der Waals surface area contributed by atoms with Crippen LogP contribution in [0.2, 0.25) is 0 Å². The summed E-state index contributed by atoms with van der Waals surface area (Å²) in [6.45, 7) is 5.24. The Bertz CT molecular complexity index is 686. The number of rotatable bonds is 8. The van der Waals surface area contributed by atoms with Gasteiger partial charge in [-0.15, -0.1) is 0 Å². The smallest absolute Gasteiger partial charge is 0.319 e. The number of hydrogen-bond donors (Lipinski definition) is 2. The molecule has 0 bridgehead atoms. The molecule has 0 atom stereocenters. The lowest BCUT2D eigenvalue weighted by Crippen LogP contribution is -2.32. The lowest BCUT2D eigenvalue weighted by atomic mass is 10.2. The van der Waals surface area contributed by atoms with Crippen molar-refractivity contribution in [3.63, 3.8) is 0 Å². The van der Waals surface area contributed by atoms with E-state index in [2.05, 4.69) is 10.6 Å². The van der Waals surface area contributed by atoms with Gasteiger partial charge < -0.3 is 24.8 Å². The Hall–Kier alpha value is -2.89. The second-order valence-electron chi connectivity index (χ2n) is 5.34. The van der Waals surface area contributed by atoms with Crippen molar-refractivity contribution in [1.29, 1.82) is 0 Å². The van der Waals surface area contributed by atoms with Gasteiger partial charge in [0, 0.05) is 5.69 Å². The predicted molar refractivity (Wildman–Crippen MR) is 97.9 cm³/mol. The molecular formula is C19H24N2O4. The van der Waals surface area contributed by atoms with E-state index in [1.165, 1.54) is 0 Å². The number of amides is 2. The average Bonchev–Trinajstić information content (AvgIpc) is 2.61. The monoisotopic (exact) mass is 344 g/mol. The van der Waals surface area contributed by atoms with Crippen molar-refractivity contribution in [3.8, 4) is 17.2 Å². The van der Waals surface area contributed by atoms with Crippen LogP contribution in [0.25, 0.3) is 0 Å².